The Hall–Kier alpha value is -1.81. The van der Waals surface area contributed by atoms with Crippen molar-refractivity contribution in [2.75, 3.05) is 18.5 Å². The molecule has 0 amide bonds. The van der Waals surface area contributed by atoms with Crippen LogP contribution in [-0.2, 0) is 25.3 Å². The molecule has 1 aliphatic heterocycles. The normalized spacial score (nSPS) is 20.8. The van der Waals surface area contributed by atoms with Crippen LogP contribution in [0.2, 0.25) is 0 Å². The number of anilines is 1. The fourth-order valence-corrected chi connectivity index (χ4v) is 2.82. The first-order valence-electron chi connectivity index (χ1n) is 7.06. The summed E-state index contributed by atoms with van der Waals surface area (Å²) in [7, 11) is 2.03. The van der Waals surface area contributed by atoms with Crippen molar-refractivity contribution >= 4 is 5.69 Å². The number of imidazole rings is 1. The number of benzene rings is 1. The highest BCUT2D eigenvalue weighted by Gasteiger charge is 2.33. The maximum Gasteiger partial charge on any atom is 0.0945 e. The lowest BCUT2D eigenvalue weighted by Gasteiger charge is -2.21. The van der Waals surface area contributed by atoms with Crippen LogP contribution in [0.5, 0.6) is 0 Å². The van der Waals surface area contributed by atoms with Crippen molar-refractivity contribution in [3.05, 3.63) is 47.5 Å². The predicted octanol–water partition coefficient (Wildman–Crippen LogP) is 1.88. The molecule has 4 nitrogen and oxygen atoms in total. The van der Waals surface area contributed by atoms with E-state index in [1.54, 1.807) is 0 Å². The molecule has 0 saturated carbocycles. The topological polar surface area (TPSA) is 50.1 Å². The molecule has 106 valence electrons. The van der Waals surface area contributed by atoms with Gasteiger partial charge in [0, 0.05) is 36.6 Å². The molecule has 3 rings (SSSR count). The van der Waals surface area contributed by atoms with Crippen LogP contribution in [0.1, 0.15) is 23.7 Å². The molecule has 4 heteroatoms. The Morgan fingerprint density at radius 3 is 2.95 bits per heavy atom. The van der Waals surface area contributed by atoms with Crippen molar-refractivity contribution in [3.63, 3.8) is 0 Å². The van der Waals surface area contributed by atoms with E-state index >= 15 is 0 Å². The van der Waals surface area contributed by atoms with Gasteiger partial charge in [0.1, 0.15) is 0 Å². The number of aromatic nitrogens is 2. The Bertz CT molecular complexity index is 620. The van der Waals surface area contributed by atoms with E-state index in [1.165, 1.54) is 16.8 Å². The number of rotatable bonds is 4. The van der Waals surface area contributed by atoms with Gasteiger partial charge < -0.3 is 15.0 Å². The summed E-state index contributed by atoms with van der Waals surface area (Å²) in [5.74, 6) is 0. The lowest BCUT2D eigenvalue weighted by atomic mass is 9.84. The Morgan fingerprint density at radius 2 is 2.25 bits per heavy atom. The summed E-state index contributed by atoms with van der Waals surface area (Å²) in [5, 5.41) is 13.0. The summed E-state index contributed by atoms with van der Waals surface area (Å²) >= 11 is 0. The van der Waals surface area contributed by atoms with Crippen LogP contribution in [0.4, 0.5) is 5.69 Å². The van der Waals surface area contributed by atoms with Gasteiger partial charge in [-0.3, -0.25) is 0 Å². The monoisotopic (exact) mass is 271 g/mol. The van der Waals surface area contributed by atoms with Gasteiger partial charge in [0.2, 0.25) is 0 Å². The van der Waals surface area contributed by atoms with E-state index in [0.29, 0.717) is 0 Å². The zero-order chi connectivity index (χ0) is 14.2. The van der Waals surface area contributed by atoms with Gasteiger partial charge in [0.15, 0.2) is 0 Å². The van der Waals surface area contributed by atoms with Gasteiger partial charge in [0.05, 0.1) is 12.9 Å². The molecule has 0 saturated heterocycles. The number of aliphatic hydroxyl groups is 1. The van der Waals surface area contributed by atoms with Crippen LogP contribution in [0.15, 0.2) is 30.7 Å². The summed E-state index contributed by atoms with van der Waals surface area (Å²) in [4.78, 5) is 4.15. The standard InChI is InChI=1S/C16H21N3O/c1-16(10-20)9-18-15-6-4-12(7-14(15)16)3-5-13-8-17-11-19(13)2/h4,6-8,11,18,20H,3,5,9-10H2,1-2H3. The fraction of sp³-hybridized carbons (Fsp3) is 0.438. The van der Waals surface area contributed by atoms with Gasteiger partial charge in [0.25, 0.3) is 0 Å². The molecule has 0 bridgehead atoms. The number of hydrogen-bond donors (Lipinski definition) is 2. The third-order valence-electron chi connectivity index (χ3n) is 4.34. The molecule has 20 heavy (non-hydrogen) atoms. The highest BCUT2D eigenvalue weighted by Crippen LogP contribution is 2.36. The van der Waals surface area contributed by atoms with Crippen molar-refractivity contribution < 1.29 is 5.11 Å². The van der Waals surface area contributed by atoms with E-state index < -0.39 is 0 Å². The van der Waals surface area contributed by atoms with E-state index in [4.69, 9.17) is 0 Å². The number of fused-ring (bicyclic) bond motifs is 1. The maximum atomic E-state index is 9.63. The van der Waals surface area contributed by atoms with Gasteiger partial charge in [-0.05, 0) is 30.0 Å². The van der Waals surface area contributed by atoms with Crippen LogP contribution < -0.4 is 5.32 Å². The van der Waals surface area contributed by atoms with Crippen LogP contribution in [0, 0.1) is 0 Å². The third kappa shape index (κ3) is 2.20. The molecule has 1 atom stereocenters. The second-order valence-electron chi connectivity index (χ2n) is 5.95. The van der Waals surface area contributed by atoms with Gasteiger partial charge in [-0.25, -0.2) is 4.98 Å². The van der Waals surface area contributed by atoms with Gasteiger partial charge >= 0.3 is 0 Å². The first-order chi connectivity index (χ1) is 9.62. The highest BCUT2D eigenvalue weighted by molar-refractivity contribution is 5.61. The van der Waals surface area contributed by atoms with Crippen molar-refractivity contribution in [2.45, 2.75) is 25.2 Å². The largest absolute Gasteiger partial charge is 0.395 e. The number of nitrogens with one attached hydrogen (secondary N) is 1. The summed E-state index contributed by atoms with van der Waals surface area (Å²) in [6.07, 6.45) is 5.74. The highest BCUT2D eigenvalue weighted by atomic mass is 16.3. The van der Waals surface area contributed by atoms with E-state index in [9.17, 15) is 5.11 Å². The third-order valence-corrected chi connectivity index (χ3v) is 4.34. The van der Waals surface area contributed by atoms with Crippen LogP contribution in [0.3, 0.4) is 0 Å². The lowest BCUT2D eigenvalue weighted by Crippen LogP contribution is -2.28. The minimum absolute atomic E-state index is 0.155. The van der Waals surface area contributed by atoms with E-state index in [-0.39, 0.29) is 12.0 Å². The maximum absolute atomic E-state index is 9.63. The fourth-order valence-electron chi connectivity index (χ4n) is 2.82. The molecule has 1 aromatic heterocycles. The second kappa shape index (κ2) is 4.94. The molecule has 2 N–H and O–H groups in total. The Kier molecular flexibility index (Phi) is 3.26. The minimum Gasteiger partial charge on any atom is -0.395 e. The van der Waals surface area contributed by atoms with Crippen molar-refractivity contribution in [1.82, 2.24) is 9.55 Å². The van der Waals surface area contributed by atoms with Crippen LogP contribution >= 0.6 is 0 Å². The van der Waals surface area contributed by atoms with Crippen molar-refractivity contribution in [3.8, 4) is 0 Å². The predicted molar refractivity (Wildman–Crippen MR) is 80.0 cm³/mol. The first-order valence-corrected chi connectivity index (χ1v) is 7.06. The molecule has 2 aromatic rings. The summed E-state index contributed by atoms with van der Waals surface area (Å²) in [6.45, 7) is 3.10. The summed E-state index contributed by atoms with van der Waals surface area (Å²) in [6, 6.07) is 6.54. The molecule has 0 radical (unpaired) electrons. The molecule has 2 heterocycles. The zero-order valence-corrected chi connectivity index (χ0v) is 12.1. The lowest BCUT2D eigenvalue weighted by molar-refractivity contribution is 0.218. The average molecular weight is 271 g/mol. The molecule has 1 aromatic carbocycles. The number of aryl methyl sites for hydroxylation is 3. The van der Waals surface area contributed by atoms with Crippen LogP contribution in [0.25, 0.3) is 0 Å². The van der Waals surface area contributed by atoms with Gasteiger partial charge in [-0.2, -0.15) is 0 Å². The number of hydrogen-bond acceptors (Lipinski definition) is 3. The molecular formula is C16H21N3O. The average Bonchev–Trinajstić information content (AvgIpc) is 3.02. The number of nitrogens with zero attached hydrogens (tertiary/aromatic N) is 2. The summed E-state index contributed by atoms with van der Waals surface area (Å²) < 4.78 is 2.06. The smallest absolute Gasteiger partial charge is 0.0945 e. The van der Waals surface area contributed by atoms with Crippen LogP contribution in [-0.4, -0.2) is 27.8 Å². The molecule has 0 fully saturated rings. The Balaban J connectivity index is 1.79. The van der Waals surface area contributed by atoms with E-state index in [2.05, 4.69) is 40.0 Å². The Labute approximate surface area is 119 Å². The summed E-state index contributed by atoms with van der Waals surface area (Å²) in [5.41, 5.74) is 4.80. The second-order valence-corrected chi connectivity index (χ2v) is 5.95. The molecule has 0 aliphatic carbocycles. The zero-order valence-electron chi connectivity index (χ0n) is 12.1. The molecule has 1 aliphatic rings. The van der Waals surface area contributed by atoms with E-state index in [0.717, 1.165) is 25.1 Å². The Morgan fingerprint density at radius 1 is 1.40 bits per heavy atom. The molecule has 0 spiro atoms. The molecular weight excluding hydrogens is 250 g/mol. The quantitative estimate of drug-likeness (QED) is 0.892. The SMILES string of the molecule is Cn1cncc1CCc1ccc2c(c1)C(C)(CO)CN2. The van der Waals surface area contributed by atoms with Crippen molar-refractivity contribution in [2.24, 2.45) is 7.05 Å². The van der Waals surface area contributed by atoms with E-state index in [1.807, 2.05) is 19.6 Å². The number of aliphatic hydroxyl groups excluding tert-OH is 1. The van der Waals surface area contributed by atoms with Gasteiger partial charge in [-0.15, -0.1) is 0 Å². The molecule has 1 unspecified atom stereocenters. The first kappa shape index (κ1) is 13.2. The van der Waals surface area contributed by atoms with Gasteiger partial charge in [-0.1, -0.05) is 19.1 Å². The minimum atomic E-state index is -0.155. The van der Waals surface area contributed by atoms with Crippen molar-refractivity contribution in [1.29, 1.82) is 0 Å².